The monoisotopic (exact) mass is 482 g/mol. The third kappa shape index (κ3) is 7.19. The zero-order valence-electron chi connectivity index (χ0n) is 20.9. The molecule has 35 heavy (non-hydrogen) atoms. The van der Waals surface area contributed by atoms with Gasteiger partial charge in [-0.05, 0) is 51.5 Å². The summed E-state index contributed by atoms with van der Waals surface area (Å²) in [5.74, 6) is 2.01. The van der Waals surface area contributed by atoms with E-state index in [0.29, 0.717) is 68.5 Å². The molecular formula is C25H38N8O2. The molecule has 1 atom stereocenters. The Balaban J connectivity index is 1.31. The molecule has 0 spiro atoms. The van der Waals surface area contributed by atoms with Crippen LogP contribution < -0.4 is 16.0 Å². The molecule has 4 rings (SSSR count). The maximum atomic E-state index is 9.69. The van der Waals surface area contributed by atoms with Crippen LogP contribution in [0.2, 0.25) is 0 Å². The lowest BCUT2D eigenvalue weighted by molar-refractivity contribution is 0.0455. The highest BCUT2D eigenvalue weighted by Gasteiger charge is 2.32. The van der Waals surface area contributed by atoms with Crippen molar-refractivity contribution in [2.24, 2.45) is 15.4 Å². The van der Waals surface area contributed by atoms with Crippen molar-refractivity contribution in [3.8, 4) is 6.07 Å². The SMILES string of the molecule is COC[C@@H](C)NC1CCC(NC2=NCCC(c3nccc(NCC4(C#N)CCOCC4)n3)=N2)CC1. The molecule has 0 radical (unpaired) electrons. The number of nitriles is 1. The van der Waals surface area contributed by atoms with Crippen molar-refractivity contribution >= 4 is 17.5 Å². The molecule has 1 saturated carbocycles. The fraction of sp³-hybridized carbons (Fsp3) is 0.720. The van der Waals surface area contributed by atoms with E-state index in [1.54, 1.807) is 13.3 Å². The van der Waals surface area contributed by atoms with Crippen molar-refractivity contribution in [3.05, 3.63) is 18.1 Å². The molecule has 3 heterocycles. The first kappa shape index (κ1) is 25.5. The molecule has 1 aromatic heterocycles. The van der Waals surface area contributed by atoms with Crippen LogP contribution in [0.3, 0.4) is 0 Å². The van der Waals surface area contributed by atoms with E-state index in [1.807, 2.05) is 6.07 Å². The Hall–Kier alpha value is -2.61. The minimum Gasteiger partial charge on any atom is -0.383 e. The van der Waals surface area contributed by atoms with Crippen LogP contribution in [0, 0.1) is 16.7 Å². The number of aliphatic imine (C=N–C) groups is 2. The fourth-order valence-electron chi connectivity index (χ4n) is 4.96. The van der Waals surface area contributed by atoms with E-state index >= 15 is 0 Å². The number of hydrogen-bond acceptors (Lipinski definition) is 10. The van der Waals surface area contributed by atoms with E-state index in [4.69, 9.17) is 14.5 Å². The number of nitrogens with one attached hydrogen (secondary N) is 3. The van der Waals surface area contributed by atoms with Gasteiger partial charge in [-0.3, -0.25) is 4.99 Å². The summed E-state index contributed by atoms with van der Waals surface area (Å²) >= 11 is 0. The van der Waals surface area contributed by atoms with E-state index in [2.05, 4.69) is 43.9 Å². The molecule has 2 fully saturated rings. The van der Waals surface area contributed by atoms with Gasteiger partial charge in [-0.1, -0.05) is 0 Å². The van der Waals surface area contributed by atoms with Gasteiger partial charge in [0.25, 0.3) is 0 Å². The smallest absolute Gasteiger partial charge is 0.218 e. The lowest BCUT2D eigenvalue weighted by Gasteiger charge is -2.32. The van der Waals surface area contributed by atoms with Crippen molar-refractivity contribution in [1.82, 2.24) is 20.6 Å². The largest absolute Gasteiger partial charge is 0.383 e. The summed E-state index contributed by atoms with van der Waals surface area (Å²) in [6, 6.07) is 5.61. The second-order valence-electron chi connectivity index (χ2n) is 9.85. The highest BCUT2D eigenvalue weighted by molar-refractivity contribution is 6.06. The zero-order chi connectivity index (χ0) is 24.5. The number of guanidine groups is 1. The van der Waals surface area contributed by atoms with Crippen LogP contribution in [-0.2, 0) is 9.47 Å². The van der Waals surface area contributed by atoms with Gasteiger partial charge in [0.2, 0.25) is 5.96 Å². The number of rotatable bonds is 9. The quantitative estimate of drug-likeness (QED) is 0.489. The molecule has 3 N–H and O–H groups in total. The fourth-order valence-corrected chi connectivity index (χ4v) is 4.96. The Labute approximate surface area is 208 Å². The number of methoxy groups -OCH3 is 1. The zero-order valence-corrected chi connectivity index (χ0v) is 20.9. The molecule has 0 bridgehead atoms. The van der Waals surface area contributed by atoms with Gasteiger partial charge in [0.15, 0.2) is 5.82 Å². The van der Waals surface area contributed by atoms with Crippen LogP contribution in [0.5, 0.6) is 0 Å². The molecule has 1 aliphatic carbocycles. The van der Waals surface area contributed by atoms with Gasteiger partial charge >= 0.3 is 0 Å². The Morgan fingerprint density at radius 2 is 2.00 bits per heavy atom. The van der Waals surface area contributed by atoms with Gasteiger partial charge in [0, 0.05) is 64.2 Å². The minimum atomic E-state index is -0.411. The summed E-state index contributed by atoms with van der Waals surface area (Å²) < 4.78 is 10.7. The highest BCUT2D eigenvalue weighted by Crippen LogP contribution is 2.29. The Kier molecular flexibility index (Phi) is 9.01. The molecular weight excluding hydrogens is 444 g/mol. The summed E-state index contributed by atoms with van der Waals surface area (Å²) in [6.45, 7) is 5.37. The number of hydrogen-bond donors (Lipinski definition) is 3. The molecule has 0 amide bonds. The number of ether oxygens (including phenoxy) is 2. The van der Waals surface area contributed by atoms with Crippen LogP contribution in [0.15, 0.2) is 22.2 Å². The van der Waals surface area contributed by atoms with Crippen LogP contribution in [-0.4, -0.2) is 79.8 Å². The first-order chi connectivity index (χ1) is 17.1. The topological polar surface area (TPSA) is 129 Å². The summed E-state index contributed by atoms with van der Waals surface area (Å²) in [4.78, 5) is 18.5. The molecule has 0 unspecified atom stereocenters. The van der Waals surface area contributed by atoms with Gasteiger partial charge in [-0.25, -0.2) is 15.0 Å². The molecule has 190 valence electrons. The predicted octanol–water partition coefficient (Wildman–Crippen LogP) is 2.28. The molecule has 3 aliphatic rings. The average molecular weight is 483 g/mol. The van der Waals surface area contributed by atoms with Gasteiger partial charge in [0.1, 0.15) is 5.82 Å². The van der Waals surface area contributed by atoms with Crippen molar-refractivity contribution in [1.29, 1.82) is 5.26 Å². The van der Waals surface area contributed by atoms with Gasteiger partial charge in [0.05, 0.1) is 23.8 Å². The Bertz CT molecular complexity index is 930. The molecule has 1 aromatic rings. The minimum absolute atomic E-state index is 0.372. The number of anilines is 1. The molecule has 10 heteroatoms. The second-order valence-corrected chi connectivity index (χ2v) is 9.85. The van der Waals surface area contributed by atoms with Crippen LogP contribution >= 0.6 is 0 Å². The third-order valence-electron chi connectivity index (χ3n) is 7.06. The van der Waals surface area contributed by atoms with E-state index in [0.717, 1.165) is 50.8 Å². The van der Waals surface area contributed by atoms with Crippen LogP contribution in [0.1, 0.15) is 57.7 Å². The average Bonchev–Trinajstić information content (AvgIpc) is 2.90. The number of nitrogens with zero attached hydrogens (tertiary/aromatic N) is 5. The predicted molar refractivity (Wildman–Crippen MR) is 136 cm³/mol. The van der Waals surface area contributed by atoms with E-state index in [1.165, 1.54) is 0 Å². The lowest BCUT2D eigenvalue weighted by atomic mass is 9.82. The second kappa shape index (κ2) is 12.4. The van der Waals surface area contributed by atoms with E-state index in [9.17, 15) is 5.26 Å². The van der Waals surface area contributed by atoms with Gasteiger partial charge in [-0.2, -0.15) is 5.26 Å². The van der Waals surface area contributed by atoms with E-state index in [-0.39, 0.29) is 0 Å². The van der Waals surface area contributed by atoms with Crippen LogP contribution in [0.4, 0.5) is 5.82 Å². The molecule has 2 aliphatic heterocycles. The maximum absolute atomic E-state index is 9.69. The Morgan fingerprint density at radius 3 is 2.74 bits per heavy atom. The molecule has 0 aromatic carbocycles. The normalized spacial score (nSPS) is 25.1. The van der Waals surface area contributed by atoms with Crippen molar-refractivity contribution < 1.29 is 9.47 Å². The molecule has 10 nitrogen and oxygen atoms in total. The highest BCUT2D eigenvalue weighted by atomic mass is 16.5. The standard InChI is InChI=1S/C25H38N8O2/c1-18(15-34-2)30-19-3-5-20(6-4-19)31-24-28-11-7-21(32-24)23-27-12-8-22(33-23)29-17-25(16-26)9-13-35-14-10-25/h8,12,18-20,30H,3-7,9-11,13-15,17H2,1-2H3,(H,28,31)(H,27,29,33)/t18-,19?,20?/m1/s1. The van der Waals surface area contributed by atoms with Gasteiger partial charge < -0.3 is 25.4 Å². The third-order valence-corrected chi connectivity index (χ3v) is 7.06. The Morgan fingerprint density at radius 1 is 1.23 bits per heavy atom. The maximum Gasteiger partial charge on any atom is 0.218 e. The van der Waals surface area contributed by atoms with Crippen molar-refractivity contribution in [2.75, 3.05) is 45.3 Å². The van der Waals surface area contributed by atoms with Crippen LogP contribution in [0.25, 0.3) is 0 Å². The summed E-state index contributed by atoms with van der Waals surface area (Å²) in [6.07, 6.45) is 8.35. The lowest BCUT2D eigenvalue weighted by Crippen LogP contribution is -2.45. The first-order valence-electron chi connectivity index (χ1n) is 12.8. The first-order valence-corrected chi connectivity index (χ1v) is 12.8. The van der Waals surface area contributed by atoms with Gasteiger partial charge in [-0.15, -0.1) is 0 Å². The summed E-state index contributed by atoms with van der Waals surface area (Å²) in [7, 11) is 1.74. The molecule has 1 saturated heterocycles. The van der Waals surface area contributed by atoms with Crippen molar-refractivity contribution in [3.63, 3.8) is 0 Å². The number of aromatic nitrogens is 2. The summed E-state index contributed by atoms with van der Waals surface area (Å²) in [5, 5.41) is 20.2. The van der Waals surface area contributed by atoms with E-state index < -0.39 is 5.41 Å². The summed E-state index contributed by atoms with van der Waals surface area (Å²) in [5.41, 5.74) is 0.433. The van der Waals surface area contributed by atoms with Crippen molar-refractivity contribution in [2.45, 2.75) is 70.0 Å².